The molecule has 1 N–H and O–H groups in total. The van der Waals surface area contributed by atoms with Crippen LogP contribution in [0.5, 0.6) is 0 Å². The summed E-state index contributed by atoms with van der Waals surface area (Å²) in [7, 11) is 0. The molecule has 1 aromatic heterocycles. The van der Waals surface area contributed by atoms with E-state index >= 15 is 0 Å². The first-order chi connectivity index (χ1) is 12.8. The van der Waals surface area contributed by atoms with Crippen molar-refractivity contribution in [2.24, 2.45) is 5.92 Å². The highest BCUT2D eigenvalue weighted by Gasteiger charge is 2.25. The Morgan fingerprint density at radius 3 is 2.31 bits per heavy atom. The first-order valence-corrected chi connectivity index (χ1v) is 9.63. The first-order valence-electron chi connectivity index (χ1n) is 8.75. The summed E-state index contributed by atoms with van der Waals surface area (Å²) in [5.74, 6) is 0.608. The number of aromatic nitrogens is 1. The number of thiazole rings is 1. The molecule has 2 heterocycles. The molecule has 26 heavy (non-hydrogen) atoms. The van der Waals surface area contributed by atoms with Gasteiger partial charge in [-0.05, 0) is 17.5 Å². The fourth-order valence-corrected chi connectivity index (χ4v) is 4.12. The molecular weight excluding hydrogens is 344 g/mol. The van der Waals surface area contributed by atoms with Crippen molar-refractivity contribution in [3.63, 3.8) is 0 Å². The molecule has 0 spiro atoms. The molecule has 4 nitrogen and oxygen atoms in total. The van der Waals surface area contributed by atoms with Crippen molar-refractivity contribution >= 4 is 23.1 Å². The standard InChI is InChI=1S/C21H20N2O2S/c24-20(17-11-12-25-13-17)22-18-14-26-21(23-18)19(15-7-3-1-4-8-15)16-9-5-2-6-10-16/h1-10,14,17,19H,11-13H2,(H,22,24). The van der Waals surface area contributed by atoms with E-state index in [1.165, 1.54) is 11.1 Å². The van der Waals surface area contributed by atoms with Gasteiger partial charge in [0.25, 0.3) is 0 Å². The average molecular weight is 364 g/mol. The van der Waals surface area contributed by atoms with Crippen molar-refractivity contribution in [1.29, 1.82) is 0 Å². The minimum atomic E-state index is -0.0702. The van der Waals surface area contributed by atoms with Crippen molar-refractivity contribution in [1.82, 2.24) is 4.98 Å². The van der Waals surface area contributed by atoms with Crippen LogP contribution < -0.4 is 5.32 Å². The summed E-state index contributed by atoms with van der Waals surface area (Å²) in [5.41, 5.74) is 2.38. The number of nitrogens with zero attached hydrogens (tertiary/aromatic N) is 1. The second kappa shape index (κ2) is 7.81. The van der Waals surface area contributed by atoms with Gasteiger partial charge in [0, 0.05) is 12.0 Å². The van der Waals surface area contributed by atoms with Crippen LogP contribution in [0.25, 0.3) is 0 Å². The van der Waals surface area contributed by atoms with E-state index in [0.29, 0.717) is 19.0 Å². The number of benzene rings is 2. The predicted molar refractivity (Wildman–Crippen MR) is 103 cm³/mol. The van der Waals surface area contributed by atoms with E-state index in [2.05, 4.69) is 29.6 Å². The van der Waals surface area contributed by atoms with Crippen LogP contribution in [0, 0.1) is 5.92 Å². The number of hydrogen-bond acceptors (Lipinski definition) is 4. The number of amides is 1. The zero-order chi connectivity index (χ0) is 17.8. The van der Waals surface area contributed by atoms with Crippen LogP contribution in [0.15, 0.2) is 66.0 Å². The Kier molecular flexibility index (Phi) is 5.09. The Labute approximate surface area is 156 Å². The van der Waals surface area contributed by atoms with Crippen molar-refractivity contribution in [2.45, 2.75) is 12.3 Å². The summed E-state index contributed by atoms with van der Waals surface area (Å²) >= 11 is 1.57. The highest BCUT2D eigenvalue weighted by Crippen LogP contribution is 2.34. The van der Waals surface area contributed by atoms with Gasteiger partial charge in [0.1, 0.15) is 10.8 Å². The van der Waals surface area contributed by atoms with Gasteiger partial charge in [-0.1, -0.05) is 60.7 Å². The largest absolute Gasteiger partial charge is 0.381 e. The fourth-order valence-electron chi connectivity index (χ4n) is 3.22. The monoisotopic (exact) mass is 364 g/mol. The zero-order valence-electron chi connectivity index (χ0n) is 14.3. The van der Waals surface area contributed by atoms with E-state index in [0.717, 1.165) is 11.4 Å². The normalized spacial score (nSPS) is 16.7. The van der Waals surface area contributed by atoms with E-state index in [1.54, 1.807) is 11.3 Å². The Morgan fingerprint density at radius 1 is 1.08 bits per heavy atom. The van der Waals surface area contributed by atoms with E-state index in [1.807, 2.05) is 41.8 Å². The third-order valence-corrected chi connectivity index (χ3v) is 5.50. The zero-order valence-corrected chi connectivity index (χ0v) is 15.1. The summed E-state index contributed by atoms with van der Waals surface area (Å²) in [6, 6.07) is 20.7. The number of ether oxygens (including phenoxy) is 1. The smallest absolute Gasteiger partial charge is 0.231 e. The molecule has 3 aromatic rings. The number of carbonyl (C=O) groups is 1. The summed E-state index contributed by atoms with van der Waals surface area (Å²) in [5, 5.41) is 5.83. The van der Waals surface area contributed by atoms with Crippen LogP contribution >= 0.6 is 11.3 Å². The molecule has 1 unspecified atom stereocenters. The molecule has 0 bridgehead atoms. The van der Waals surface area contributed by atoms with Gasteiger partial charge in [0.05, 0.1) is 18.4 Å². The average Bonchev–Trinajstić information content (AvgIpc) is 3.36. The number of carbonyl (C=O) groups excluding carboxylic acids is 1. The molecule has 1 fully saturated rings. The Balaban J connectivity index is 1.61. The van der Waals surface area contributed by atoms with Crippen LogP contribution in [0.2, 0.25) is 0 Å². The third-order valence-electron chi connectivity index (χ3n) is 4.59. The first kappa shape index (κ1) is 16.9. The topological polar surface area (TPSA) is 51.2 Å². The SMILES string of the molecule is O=C(Nc1csc(C(c2ccccc2)c2ccccc2)n1)C1CCOC1. The summed E-state index contributed by atoms with van der Waals surface area (Å²) in [6.07, 6.45) is 0.777. The molecule has 1 atom stereocenters. The van der Waals surface area contributed by atoms with Crippen molar-refractivity contribution in [2.75, 3.05) is 18.5 Å². The Hall–Kier alpha value is -2.50. The molecular formula is C21H20N2O2S. The highest BCUT2D eigenvalue weighted by molar-refractivity contribution is 7.10. The van der Waals surface area contributed by atoms with Crippen LogP contribution in [0.1, 0.15) is 28.5 Å². The van der Waals surface area contributed by atoms with Gasteiger partial charge in [-0.3, -0.25) is 4.79 Å². The van der Waals surface area contributed by atoms with Crippen molar-refractivity contribution in [3.8, 4) is 0 Å². The molecule has 1 aliphatic rings. The van der Waals surface area contributed by atoms with Gasteiger partial charge in [0.15, 0.2) is 0 Å². The molecule has 0 aliphatic carbocycles. The second-order valence-electron chi connectivity index (χ2n) is 6.38. The van der Waals surface area contributed by atoms with Gasteiger partial charge < -0.3 is 10.1 Å². The van der Waals surface area contributed by atoms with E-state index in [4.69, 9.17) is 9.72 Å². The van der Waals surface area contributed by atoms with Crippen LogP contribution in [0.3, 0.4) is 0 Å². The van der Waals surface area contributed by atoms with Crippen LogP contribution in [-0.2, 0) is 9.53 Å². The minimum absolute atomic E-state index is 0.00433. The maximum Gasteiger partial charge on any atom is 0.231 e. The summed E-state index contributed by atoms with van der Waals surface area (Å²) in [4.78, 5) is 17.0. The lowest BCUT2D eigenvalue weighted by molar-refractivity contribution is -0.119. The third kappa shape index (κ3) is 3.69. The summed E-state index contributed by atoms with van der Waals surface area (Å²) in [6.45, 7) is 1.16. The van der Waals surface area contributed by atoms with Gasteiger partial charge in [0.2, 0.25) is 5.91 Å². The Morgan fingerprint density at radius 2 is 1.73 bits per heavy atom. The number of nitrogens with one attached hydrogen (secondary N) is 1. The van der Waals surface area contributed by atoms with Gasteiger partial charge in [-0.25, -0.2) is 4.98 Å². The van der Waals surface area contributed by atoms with Crippen LogP contribution in [0.4, 0.5) is 5.82 Å². The number of anilines is 1. The summed E-state index contributed by atoms with van der Waals surface area (Å²) < 4.78 is 5.30. The second-order valence-corrected chi connectivity index (χ2v) is 7.26. The molecule has 5 heteroatoms. The van der Waals surface area contributed by atoms with Crippen molar-refractivity contribution in [3.05, 3.63) is 82.2 Å². The molecule has 4 rings (SSSR count). The van der Waals surface area contributed by atoms with Gasteiger partial charge in [-0.2, -0.15) is 0 Å². The number of rotatable bonds is 5. The molecule has 2 aromatic carbocycles. The van der Waals surface area contributed by atoms with Gasteiger partial charge >= 0.3 is 0 Å². The highest BCUT2D eigenvalue weighted by atomic mass is 32.1. The molecule has 132 valence electrons. The molecule has 0 radical (unpaired) electrons. The lowest BCUT2D eigenvalue weighted by Gasteiger charge is -2.15. The molecule has 1 amide bonds. The van der Waals surface area contributed by atoms with Gasteiger partial charge in [-0.15, -0.1) is 11.3 Å². The lowest BCUT2D eigenvalue weighted by atomic mass is 9.92. The number of hydrogen-bond donors (Lipinski definition) is 1. The Bertz CT molecular complexity index is 818. The fraction of sp³-hybridized carbons (Fsp3) is 0.238. The van der Waals surface area contributed by atoms with E-state index in [-0.39, 0.29) is 17.7 Å². The minimum Gasteiger partial charge on any atom is -0.381 e. The molecule has 1 saturated heterocycles. The molecule has 1 aliphatic heterocycles. The lowest BCUT2D eigenvalue weighted by Crippen LogP contribution is -2.23. The van der Waals surface area contributed by atoms with Crippen LogP contribution in [-0.4, -0.2) is 24.1 Å². The van der Waals surface area contributed by atoms with Crippen molar-refractivity contribution < 1.29 is 9.53 Å². The quantitative estimate of drug-likeness (QED) is 0.734. The predicted octanol–water partition coefficient (Wildman–Crippen LogP) is 4.30. The molecule has 0 saturated carbocycles. The van der Waals surface area contributed by atoms with E-state index in [9.17, 15) is 4.79 Å². The van der Waals surface area contributed by atoms with E-state index < -0.39 is 0 Å². The maximum absolute atomic E-state index is 12.3. The maximum atomic E-state index is 12.3.